The van der Waals surface area contributed by atoms with E-state index >= 15 is 0 Å². The molecule has 0 aliphatic carbocycles. The van der Waals surface area contributed by atoms with E-state index in [0.717, 1.165) is 18.4 Å². The second kappa shape index (κ2) is 15.0. The predicted octanol–water partition coefficient (Wildman–Crippen LogP) is 5.49. The van der Waals surface area contributed by atoms with Crippen LogP contribution in [-0.4, -0.2) is 35.1 Å². The zero-order valence-corrected chi connectivity index (χ0v) is 18.4. The normalized spacial score (nSPS) is 24.7. The van der Waals surface area contributed by atoms with Crippen molar-refractivity contribution >= 4 is 0 Å². The van der Waals surface area contributed by atoms with Gasteiger partial charge >= 0.3 is 0 Å². The number of benzene rings is 1. The first-order chi connectivity index (χ1) is 14.3. The number of hydrogen-bond acceptors (Lipinski definition) is 4. The van der Waals surface area contributed by atoms with Crippen molar-refractivity contribution in [1.82, 2.24) is 5.32 Å². The molecule has 1 aliphatic heterocycles. The highest BCUT2D eigenvalue weighted by Gasteiger charge is 2.36. The van der Waals surface area contributed by atoms with Crippen LogP contribution in [-0.2, 0) is 4.74 Å². The summed E-state index contributed by atoms with van der Waals surface area (Å²) in [6, 6.07) is 9.65. The highest BCUT2D eigenvalue weighted by molar-refractivity contribution is 5.18. The van der Waals surface area contributed by atoms with E-state index < -0.39 is 6.10 Å². The molecule has 2 rings (SSSR count). The van der Waals surface area contributed by atoms with Gasteiger partial charge in [-0.1, -0.05) is 114 Å². The van der Waals surface area contributed by atoms with E-state index in [1.165, 1.54) is 70.6 Å². The second-order valence-corrected chi connectivity index (χ2v) is 8.59. The van der Waals surface area contributed by atoms with Crippen molar-refractivity contribution < 1.29 is 14.9 Å². The van der Waals surface area contributed by atoms with Gasteiger partial charge in [-0.15, -0.1) is 0 Å². The van der Waals surface area contributed by atoms with Crippen LogP contribution in [0, 0.1) is 0 Å². The van der Waals surface area contributed by atoms with E-state index in [1.54, 1.807) is 0 Å². The summed E-state index contributed by atoms with van der Waals surface area (Å²) in [5.74, 6) is 0. The monoisotopic (exact) mass is 405 g/mol. The van der Waals surface area contributed by atoms with Crippen molar-refractivity contribution in [2.24, 2.45) is 0 Å². The van der Waals surface area contributed by atoms with Crippen LogP contribution < -0.4 is 5.32 Å². The molecule has 1 unspecified atom stereocenters. The summed E-state index contributed by atoms with van der Waals surface area (Å²) in [5, 5.41) is 23.4. The third kappa shape index (κ3) is 9.17. The third-order valence-electron chi connectivity index (χ3n) is 6.11. The number of aliphatic hydroxyl groups excluding tert-OH is 2. The van der Waals surface area contributed by atoms with Crippen LogP contribution in [0.1, 0.15) is 102 Å². The molecule has 0 amide bonds. The maximum atomic E-state index is 10.5. The third-order valence-corrected chi connectivity index (χ3v) is 6.11. The van der Waals surface area contributed by atoms with Gasteiger partial charge in [0, 0.05) is 0 Å². The first kappa shape index (κ1) is 24.3. The number of rotatable bonds is 15. The average molecular weight is 406 g/mol. The zero-order valence-electron chi connectivity index (χ0n) is 18.4. The average Bonchev–Trinajstić information content (AvgIpc) is 2.76. The summed E-state index contributed by atoms with van der Waals surface area (Å²) < 4.78 is 6.14. The van der Waals surface area contributed by atoms with Crippen LogP contribution in [0.3, 0.4) is 0 Å². The quantitative estimate of drug-likeness (QED) is 0.338. The molecule has 0 spiro atoms. The Balaban J connectivity index is 1.58. The van der Waals surface area contributed by atoms with Crippen molar-refractivity contribution in [3.8, 4) is 0 Å². The number of aliphatic hydroxyl groups is 2. The van der Waals surface area contributed by atoms with Gasteiger partial charge in [-0.2, -0.15) is 0 Å². The van der Waals surface area contributed by atoms with Gasteiger partial charge in [0.15, 0.2) is 0 Å². The molecule has 1 aromatic carbocycles. The minimum absolute atomic E-state index is 0.0806. The SMILES string of the molecule is CCCCCCCCCCCCCC[C@H]1OC(c2ccccc2)N[C@@H](CO)[C@@H]1O. The highest BCUT2D eigenvalue weighted by Crippen LogP contribution is 2.27. The number of unbranched alkanes of at least 4 members (excludes halogenated alkanes) is 11. The maximum absolute atomic E-state index is 10.5. The molecule has 0 bridgehead atoms. The molecule has 0 radical (unpaired) electrons. The first-order valence-electron chi connectivity index (χ1n) is 12.0. The van der Waals surface area contributed by atoms with Crippen molar-refractivity contribution in [2.75, 3.05) is 6.61 Å². The molecule has 1 saturated heterocycles. The van der Waals surface area contributed by atoms with Crippen molar-refractivity contribution in [2.45, 2.75) is 115 Å². The molecule has 29 heavy (non-hydrogen) atoms. The molecule has 3 N–H and O–H groups in total. The molecule has 1 fully saturated rings. The van der Waals surface area contributed by atoms with E-state index in [9.17, 15) is 10.2 Å². The van der Waals surface area contributed by atoms with Gasteiger partial charge < -0.3 is 14.9 Å². The Morgan fingerprint density at radius 3 is 1.93 bits per heavy atom. The van der Waals surface area contributed by atoms with Crippen LogP contribution in [0.5, 0.6) is 0 Å². The number of ether oxygens (including phenoxy) is 1. The van der Waals surface area contributed by atoms with E-state index in [-0.39, 0.29) is 25.0 Å². The van der Waals surface area contributed by atoms with Gasteiger partial charge in [-0.25, -0.2) is 0 Å². The Kier molecular flexibility index (Phi) is 12.5. The van der Waals surface area contributed by atoms with Crippen molar-refractivity contribution in [3.63, 3.8) is 0 Å². The van der Waals surface area contributed by atoms with E-state index in [1.807, 2.05) is 30.3 Å². The summed E-state index contributed by atoms with van der Waals surface area (Å²) in [4.78, 5) is 0. The lowest BCUT2D eigenvalue weighted by atomic mass is 9.96. The van der Waals surface area contributed by atoms with Crippen LogP contribution in [0.2, 0.25) is 0 Å². The lowest BCUT2D eigenvalue weighted by Gasteiger charge is -2.40. The molecule has 1 heterocycles. The van der Waals surface area contributed by atoms with Gasteiger partial charge in [0.1, 0.15) is 6.23 Å². The van der Waals surface area contributed by atoms with Crippen molar-refractivity contribution in [3.05, 3.63) is 35.9 Å². The molecule has 4 atom stereocenters. The summed E-state index contributed by atoms with van der Waals surface area (Å²) >= 11 is 0. The van der Waals surface area contributed by atoms with Gasteiger partial charge in [-0.3, -0.25) is 5.32 Å². The molecule has 1 aromatic rings. The predicted molar refractivity (Wildman–Crippen MR) is 120 cm³/mol. The summed E-state index contributed by atoms with van der Waals surface area (Å²) in [5.41, 5.74) is 1.04. The van der Waals surface area contributed by atoms with Crippen LogP contribution in [0.25, 0.3) is 0 Å². The number of nitrogens with one attached hydrogen (secondary N) is 1. The largest absolute Gasteiger partial charge is 0.395 e. The topological polar surface area (TPSA) is 61.7 Å². The fourth-order valence-corrected chi connectivity index (χ4v) is 4.24. The minimum Gasteiger partial charge on any atom is -0.395 e. The highest BCUT2D eigenvalue weighted by atomic mass is 16.5. The Labute approximate surface area is 178 Å². The fraction of sp³-hybridized carbons (Fsp3) is 0.760. The molecule has 4 nitrogen and oxygen atoms in total. The second-order valence-electron chi connectivity index (χ2n) is 8.59. The van der Waals surface area contributed by atoms with E-state index in [0.29, 0.717) is 0 Å². The molecule has 1 aliphatic rings. The Morgan fingerprint density at radius 1 is 0.828 bits per heavy atom. The van der Waals surface area contributed by atoms with Crippen LogP contribution in [0.15, 0.2) is 30.3 Å². The molecule has 4 heteroatoms. The lowest BCUT2D eigenvalue weighted by Crippen LogP contribution is -2.56. The van der Waals surface area contributed by atoms with Gasteiger partial charge in [-0.05, 0) is 12.0 Å². The Morgan fingerprint density at radius 2 is 1.38 bits per heavy atom. The zero-order chi connectivity index (χ0) is 20.7. The van der Waals surface area contributed by atoms with Crippen LogP contribution >= 0.6 is 0 Å². The molecule has 0 saturated carbocycles. The standard InChI is InChI=1S/C25H43NO3/c1-2-3-4-5-6-7-8-9-10-11-12-16-19-23-24(28)22(20-27)26-25(29-23)21-17-14-13-15-18-21/h13-15,17-18,22-28H,2-12,16,19-20H2,1H3/t22-,23+,24-,25?/m0/s1. The van der Waals surface area contributed by atoms with Gasteiger partial charge in [0.2, 0.25) is 0 Å². The van der Waals surface area contributed by atoms with Crippen LogP contribution in [0.4, 0.5) is 0 Å². The summed E-state index contributed by atoms with van der Waals surface area (Å²) in [6.07, 6.45) is 15.6. The number of hydrogen-bond donors (Lipinski definition) is 3. The Bertz CT molecular complexity index is 510. The summed E-state index contributed by atoms with van der Waals surface area (Å²) in [7, 11) is 0. The maximum Gasteiger partial charge on any atom is 0.135 e. The van der Waals surface area contributed by atoms with E-state index in [2.05, 4.69) is 12.2 Å². The minimum atomic E-state index is -0.660. The van der Waals surface area contributed by atoms with Gasteiger partial charge in [0.05, 0.1) is 24.9 Å². The molecule has 166 valence electrons. The molecular formula is C25H43NO3. The van der Waals surface area contributed by atoms with Crippen molar-refractivity contribution in [1.29, 1.82) is 0 Å². The lowest BCUT2D eigenvalue weighted by molar-refractivity contribution is -0.155. The fourth-order valence-electron chi connectivity index (χ4n) is 4.24. The van der Waals surface area contributed by atoms with Gasteiger partial charge in [0.25, 0.3) is 0 Å². The molecule has 0 aromatic heterocycles. The first-order valence-corrected chi connectivity index (χ1v) is 12.0. The Hall–Kier alpha value is -0.940. The molecular weight excluding hydrogens is 362 g/mol. The smallest absolute Gasteiger partial charge is 0.135 e. The summed E-state index contributed by atoms with van der Waals surface area (Å²) in [6.45, 7) is 2.19. The van der Waals surface area contributed by atoms with E-state index in [4.69, 9.17) is 4.74 Å².